The van der Waals surface area contributed by atoms with E-state index in [4.69, 9.17) is 4.74 Å². The second-order valence-electron chi connectivity index (χ2n) is 8.52. The van der Waals surface area contributed by atoms with E-state index in [1.165, 1.54) is 10.9 Å². The van der Waals surface area contributed by atoms with E-state index >= 15 is 0 Å². The van der Waals surface area contributed by atoms with Crippen LogP contribution >= 0.6 is 11.3 Å². The van der Waals surface area contributed by atoms with E-state index in [0.29, 0.717) is 19.6 Å². The predicted octanol–water partition coefficient (Wildman–Crippen LogP) is 4.86. The number of nitrogens with one attached hydrogen (secondary N) is 1. The molecule has 0 radical (unpaired) electrons. The predicted molar refractivity (Wildman–Crippen MR) is 129 cm³/mol. The largest absolute Gasteiger partial charge is 0.488 e. The summed E-state index contributed by atoms with van der Waals surface area (Å²) in [6.07, 6.45) is 2.52. The average molecular weight is 476 g/mol. The lowest BCUT2D eigenvalue weighted by molar-refractivity contribution is -0.135. The summed E-state index contributed by atoms with van der Waals surface area (Å²) < 4.78 is 19.9. The van der Waals surface area contributed by atoms with Gasteiger partial charge in [0.25, 0.3) is 0 Å². The van der Waals surface area contributed by atoms with Crippen LogP contribution in [0.3, 0.4) is 0 Å². The first-order valence-corrected chi connectivity index (χ1v) is 12.6. The van der Waals surface area contributed by atoms with Crippen LogP contribution in [0.25, 0.3) is 0 Å². The third kappa shape index (κ3) is 6.47. The van der Waals surface area contributed by atoms with Crippen molar-refractivity contribution < 1.29 is 18.7 Å². The third-order valence-corrected chi connectivity index (χ3v) is 7.01. The van der Waals surface area contributed by atoms with E-state index in [1.54, 1.807) is 39.3 Å². The van der Waals surface area contributed by atoms with Gasteiger partial charge in [-0.15, -0.1) is 11.3 Å². The van der Waals surface area contributed by atoms with Gasteiger partial charge in [0.2, 0.25) is 5.91 Å². The first-order valence-electron chi connectivity index (χ1n) is 11.7. The maximum Gasteiger partial charge on any atom is 0.317 e. The minimum Gasteiger partial charge on any atom is -0.488 e. The van der Waals surface area contributed by atoms with Crippen LogP contribution < -0.4 is 10.1 Å². The SMILES string of the molecule is CCCNC(=O)N(CC(=O)N1CCc2sccc2C1COc1ccccc1F)CC(C)CC. The molecule has 0 aliphatic carbocycles. The topological polar surface area (TPSA) is 61.9 Å². The maximum absolute atomic E-state index is 14.1. The van der Waals surface area contributed by atoms with E-state index in [9.17, 15) is 14.0 Å². The Bertz CT molecular complexity index is 935. The molecule has 0 saturated heterocycles. The number of halogens is 1. The second kappa shape index (κ2) is 12.0. The highest BCUT2D eigenvalue weighted by molar-refractivity contribution is 7.10. The summed E-state index contributed by atoms with van der Waals surface area (Å²) in [7, 11) is 0. The Morgan fingerprint density at radius 2 is 2.09 bits per heavy atom. The van der Waals surface area contributed by atoms with E-state index in [-0.39, 0.29) is 42.8 Å². The van der Waals surface area contributed by atoms with E-state index < -0.39 is 5.82 Å². The van der Waals surface area contributed by atoms with Crippen LogP contribution in [0.15, 0.2) is 35.7 Å². The highest BCUT2D eigenvalue weighted by Crippen LogP contribution is 2.34. The minimum absolute atomic E-state index is 0.00948. The van der Waals surface area contributed by atoms with Gasteiger partial charge >= 0.3 is 6.03 Å². The molecule has 1 aliphatic rings. The van der Waals surface area contributed by atoms with Gasteiger partial charge in [0.05, 0.1) is 6.04 Å². The number of nitrogens with zero attached hydrogens (tertiary/aromatic N) is 2. The van der Waals surface area contributed by atoms with Gasteiger partial charge in [-0.05, 0) is 47.9 Å². The van der Waals surface area contributed by atoms with Crippen molar-refractivity contribution in [3.63, 3.8) is 0 Å². The van der Waals surface area contributed by atoms with Crippen molar-refractivity contribution in [2.45, 2.75) is 46.1 Å². The Morgan fingerprint density at radius 1 is 1.30 bits per heavy atom. The Kier molecular flexibility index (Phi) is 9.11. The average Bonchev–Trinajstić information content (AvgIpc) is 3.30. The number of thiophene rings is 1. The number of benzene rings is 1. The monoisotopic (exact) mass is 475 g/mol. The van der Waals surface area contributed by atoms with Crippen molar-refractivity contribution in [3.8, 4) is 5.75 Å². The molecule has 1 aromatic heterocycles. The van der Waals surface area contributed by atoms with Crippen molar-refractivity contribution in [1.29, 1.82) is 0 Å². The van der Waals surface area contributed by atoms with Crippen LogP contribution in [0, 0.1) is 11.7 Å². The molecule has 6 nitrogen and oxygen atoms in total. The molecular formula is C25H34FN3O3S. The minimum atomic E-state index is -0.427. The summed E-state index contributed by atoms with van der Waals surface area (Å²) in [6, 6.07) is 7.76. The molecule has 0 fully saturated rings. The van der Waals surface area contributed by atoms with E-state index in [2.05, 4.69) is 19.2 Å². The maximum atomic E-state index is 14.1. The Morgan fingerprint density at radius 3 is 2.82 bits per heavy atom. The molecule has 2 aromatic rings. The lowest BCUT2D eigenvalue weighted by Gasteiger charge is -2.37. The zero-order valence-electron chi connectivity index (χ0n) is 19.7. The first-order chi connectivity index (χ1) is 15.9. The molecule has 2 unspecified atom stereocenters. The Balaban J connectivity index is 1.76. The molecule has 1 N–H and O–H groups in total. The molecule has 0 bridgehead atoms. The number of ether oxygens (including phenoxy) is 1. The summed E-state index contributed by atoms with van der Waals surface area (Å²) in [5.41, 5.74) is 1.04. The molecule has 180 valence electrons. The number of carbonyl (C=O) groups is 2. The third-order valence-electron chi connectivity index (χ3n) is 6.02. The zero-order valence-corrected chi connectivity index (χ0v) is 20.5. The number of amides is 3. The first kappa shape index (κ1) is 25.0. The van der Waals surface area contributed by atoms with Gasteiger partial charge in [-0.3, -0.25) is 4.79 Å². The molecule has 3 rings (SSSR count). The van der Waals surface area contributed by atoms with Gasteiger partial charge in [-0.1, -0.05) is 39.3 Å². The number of fused-ring (bicyclic) bond motifs is 1. The summed E-state index contributed by atoms with van der Waals surface area (Å²) in [4.78, 5) is 30.8. The number of para-hydroxylation sites is 1. The fourth-order valence-electron chi connectivity index (χ4n) is 3.93. The van der Waals surface area contributed by atoms with Crippen molar-refractivity contribution in [2.24, 2.45) is 5.92 Å². The quantitative estimate of drug-likeness (QED) is 0.534. The number of urea groups is 1. The molecule has 0 saturated carbocycles. The number of hydrogen-bond donors (Lipinski definition) is 1. The number of rotatable bonds is 10. The Hall–Kier alpha value is -2.61. The molecule has 0 spiro atoms. The van der Waals surface area contributed by atoms with Crippen molar-refractivity contribution in [2.75, 3.05) is 32.8 Å². The van der Waals surface area contributed by atoms with Gasteiger partial charge in [0.1, 0.15) is 13.2 Å². The van der Waals surface area contributed by atoms with Crippen LogP contribution in [-0.2, 0) is 11.2 Å². The summed E-state index contributed by atoms with van der Waals surface area (Å²) >= 11 is 1.66. The van der Waals surface area contributed by atoms with Crippen LogP contribution in [0.5, 0.6) is 5.75 Å². The van der Waals surface area contributed by atoms with Gasteiger partial charge in [0.15, 0.2) is 11.6 Å². The molecular weight excluding hydrogens is 441 g/mol. The second-order valence-corrected chi connectivity index (χ2v) is 9.52. The number of carbonyl (C=O) groups excluding carboxylic acids is 2. The van der Waals surface area contributed by atoms with Crippen LogP contribution in [0.1, 0.15) is 50.1 Å². The fourth-order valence-corrected chi connectivity index (χ4v) is 4.86. The van der Waals surface area contributed by atoms with E-state index in [1.807, 2.05) is 18.4 Å². The molecule has 3 amide bonds. The van der Waals surface area contributed by atoms with E-state index in [0.717, 1.165) is 24.8 Å². The van der Waals surface area contributed by atoms with Crippen molar-refractivity contribution >= 4 is 23.3 Å². The molecule has 33 heavy (non-hydrogen) atoms. The van der Waals surface area contributed by atoms with Crippen molar-refractivity contribution in [3.05, 3.63) is 52.0 Å². The Labute approximate surface area is 199 Å². The van der Waals surface area contributed by atoms with Crippen molar-refractivity contribution in [1.82, 2.24) is 15.1 Å². The molecule has 2 atom stereocenters. The smallest absolute Gasteiger partial charge is 0.317 e. The van der Waals surface area contributed by atoms with Gasteiger partial charge in [-0.2, -0.15) is 0 Å². The van der Waals surface area contributed by atoms with Crippen LogP contribution in [0.4, 0.5) is 9.18 Å². The summed E-state index contributed by atoms with van der Waals surface area (Å²) in [5, 5.41) is 4.91. The standard InChI is InChI=1S/C25H34FN3O3S/c1-4-12-27-25(31)28(15-18(3)5-2)16-24(30)29-13-10-23-19(11-14-33-23)21(29)17-32-22-9-7-6-8-20(22)26/h6-9,11,14,18,21H,4-5,10,12-13,15-17H2,1-3H3,(H,27,31). The lowest BCUT2D eigenvalue weighted by Crippen LogP contribution is -2.50. The molecule has 1 aliphatic heterocycles. The molecule has 8 heteroatoms. The van der Waals surface area contributed by atoms with Gasteiger partial charge in [0, 0.05) is 24.5 Å². The highest BCUT2D eigenvalue weighted by Gasteiger charge is 2.33. The lowest BCUT2D eigenvalue weighted by atomic mass is 10.00. The normalized spacial score (nSPS) is 16.1. The highest BCUT2D eigenvalue weighted by atomic mass is 32.1. The molecule has 2 heterocycles. The van der Waals surface area contributed by atoms with Crippen LogP contribution in [0.2, 0.25) is 0 Å². The van der Waals surface area contributed by atoms with Gasteiger partial charge in [-0.25, -0.2) is 9.18 Å². The fraction of sp³-hybridized carbons (Fsp3) is 0.520. The van der Waals surface area contributed by atoms with Gasteiger partial charge < -0.3 is 19.9 Å². The number of hydrogen-bond acceptors (Lipinski definition) is 4. The molecule has 1 aromatic carbocycles. The van der Waals surface area contributed by atoms with Crippen LogP contribution in [-0.4, -0.2) is 54.5 Å². The zero-order chi connectivity index (χ0) is 23.8. The summed E-state index contributed by atoms with van der Waals surface area (Å²) in [5.74, 6) is -0.0900. The summed E-state index contributed by atoms with van der Waals surface area (Å²) in [6.45, 7) is 7.96.